The quantitative estimate of drug-likeness (QED) is 0.411. The molecule has 1 saturated heterocycles. The second kappa shape index (κ2) is 10.0. The molecule has 1 fully saturated rings. The molecule has 2 aromatic rings. The molecule has 0 radical (unpaired) electrons. The lowest BCUT2D eigenvalue weighted by atomic mass is 9.72. The van der Waals surface area contributed by atoms with E-state index in [1.54, 1.807) is 30.3 Å². The topological polar surface area (TPSA) is 109 Å². The van der Waals surface area contributed by atoms with Crippen LogP contribution in [-0.4, -0.2) is 30.9 Å². The maximum atomic E-state index is 12.1. The number of hydrogen-bond donors (Lipinski definition) is 4. The summed E-state index contributed by atoms with van der Waals surface area (Å²) in [7, 11) is 0. The number of amides is 2. The molecule has 164 valence electrons. The fourth-order valence-corrected chi connectivity index (χ4v) is 4.08. The minimum Gasteiger partial charge on any atom is -0.399 e. The molecule has 0 bridgehead atoms. The lowest BCUT2D eigenvalue weighted by molar-refractivity contribution is -0.138. The maximum absolute atomic E-state index is 12.1. The number of aliphatic imine (C=N–C) groups is 1. The Bertz CT molecular complexity index is 974. The molecule has 7 nitrogen and oxygen atoms in total. The fourth-order valence-electron chi connectivity index (χ4n) is 3.59. The molecule has 31 heavy (non-hydrogen) atoms. The van der Waals surface area contributed by atoms with Gasteiger partial charge in [-0.2, -0.15) is 0 Å². The van der Waals surface area contributed by atoms with Crippen molar-refractivity contribution in [3.8, 4) is 0 Å². The van der Waals surface area contributed by atoms with Crippen molar-refractivity contribution in [2.75, 3.05) is 24.1 Å². The molecule has 2 amide bonds. The summed E-state index contributed by atoms with van der Waals surface area (Å²) in [6, 6.07) is 12.7. The number of nitrogen functional groups attached to an aromatic ring is 1. The van der Waals surface area contributed by atoms with Crippen LogP contribution in [0.1, 0.15) is 31.7 Å². The van der Waals surface area contributed by atoms with E-state index in [1.807, 2.05) is 19.1 Å². The summed E-state index contributed by atoms with van der Waals surface area (Å²) in [6.45, 7) is 3.60. The van der Waals surface area contributed by atoms with Crippen molar-refractivity contribution in [1.82, 2.24) is 10.6 Å². The number of benzene rings is 2. The first kappa shape index (κ1) is 22.9. The maximum Gasteiger partial charge on any atom is 0.237 e. The second-order valence-corrected chi connectivity index (χ2v) is 8.13. The fraction of sp³-hybridized carbons (Fsp3) is 0.318. The number of anilines is 2. The summed E-state index contributed by atoms with van der Waals surface area (Å²) in [5.74, 6) is 0.343. The van der Waals surface area contributed by atoms with Crippen LogP contribution in [0.5, 0.6) is 0 Å². The Morgan fingerprint density at radius 3 is 2.35 bits per heavy atom. The summed E-state index contributed by atoms with van der Waals surface area (Å²) in [5.41, 5.74) is 7.36. The van der Waals surface area contributed by atoms with Crippen molar-refractivity contribution >= 4 is 52.4 Å². The predicted octanol–water partition coefficient (Wildman–Crippen LogP) is 3.72. The van der Waals surface area contributed by atoms with Gasteiger partial charge in [-0.3, -0.25) is 19.9 Å². The summed E-state index contributed by atoms with van der Waals surface area (Å²) >= 11 is 12.0. The molecule has 0 aliphatic carbocycles. The van der Waals surface area contributed by atoms with Gasteiger partial charge in [-0.05, 0) is 42.7 Å². The number of guanidine groups is 1. The van der Waals surface area contributed by atoms with Gasteiger partial charge in [-0.1, -0.05) is 48.3 Å². The highest BCUT2D eigenvalue weighted by molar-refractivity contribution is 6.39. The zero-order valence-corrected chi connectivity index (χ0v) is 18.7. The van der Waals surface area contributed by atoms with Gasteiger partial charge in [-0.15, -0.1) is 0 Å². The molecule has 4 rings (SSSR count). The molecular weight excluding hydrogens is 437 g/mol. The number of piperidine rings is 1. The van der Waals surface area contributed by atoms with Gasteiger partial charge < -0.3 is 16.4 Å². The van der Waals surface area contributed by atoms with Crippen LogP contribution in [0.15, 0.2) is 47.5 Å². The van der Waals surface area contributed by atoms with Crippen LogP contribution in [0.25, 0.3) is 0 Å². The Hall–Kier alpha value is -2.77. The van der Waals surface area contributed by atoms with Gasteiger partial charge >= 0.3 is 0 Å². The van der Waals surface area contributed by atoms with Crippen molar-refractivity contribution in [2.24, 2.45) is 4.99 Å². The van der Waals surface area contributed by atoms with E-state index in [0.717, 1.165) is 24.6 Å². The highest BCUT2D eigenvalue weighted by Gasteiger charge is 2.42. The smallest absolute Gasteiger partial charge is 0.237 e. The van der Waals surface area contributed by atoms with E-state index < -0.39 is 5.41 Å². The van der Waals surface area contributed by atoms with Crippen molar-refractivity contribution in [2.45, 2.75) is 31.6 Å². The van der Waals surface area contributed by atoms with Crippen LogP contribution >= 0.6 is 23.2 Å². The van der Waals surface area contributed by atoms with Gasteiger partial charge in [0.25, 0.3) is 0 Å². The van der Waals surface area contributed by atoms with E-state index in [4.69, 9.17) is 28.9 Å². The molecule has 2 aromatic carbocycles. The number of imide groups is 1. The lowest BCUT2D eigenvalue weighted by Gasteiger charge is -2.34. The lowest BCUT2D eigenvalue weighted by Crippen LogP contribution is -2.51. The number of nitrogens with one attached hydrogen (secondary N) is 3. The molecule has 2 heterocycles. The molecule has 5 N–H and O–H groups in total. The number of nitrogens with zero attached hydrogens (tertiary/aromatic N) is 1. The highest BCUT2D eigenvalue weighted by Crippen LogP contribution is 2.36. The first-order valence-electron chi connectivity index (χ1n) is 10.1. The Morgan fingerprint density at radius 2 is 1.81 bits per heavy atom. The first-order chi connectivity index (χ1) is 14.9. The van der Waals surface area contributed by atoms with Crippen LogP contribution in [0.3, 0.4) is 0 Å². The normalized spacial score (nSPS) is 20.2. The molecule has 0 spiro atoms. The zero-order chi connectivity index (χ0) is 22.4. The van der Waals surface area contributed by atoms with Crippen LogP contribution in [0.4, 0.5) is 11.4 Å². The van der Waals surface area contributed by atoms with Crippen molar-refractivity contribution in [3.05, 3.63) is 58.1 Å². The van der Waals surface area contributed by atoms with Crippen molar-refractivity contribution < 1.29 is 9.59 Å². The molecule has 2 aliphatic rings. The van der Waals surface area contributed by atoms with Crippen LogP contribution in [0.2, 0.25) is 10.0 Å². The van der Waals surface area contributed by atoms with E-state index in [-0.39, 0.29) is 11.8 Å². The van der Waals surface area contributed by atoms with Gasteiger partial charge in [0.2, 0.25) is 11.8 Å². The molecule has 9 heteroatoms. The SMILES string of the molecule is CCC1(c2ccc(N)cc2)CCC(=O)NC1=O.Clc1cccc(Cl)c1NC1=NCCN1. The Balaban J connectivity index is 0.000000179. The summed E-state index contributed by atoms with van der Waals surface area (Å²) in [4.78, 5) is 27.5. The van der Waals surface area contributed by atoms with Crippen LogP contribution in [-0.2, 0) is 15.0 Å². The molecule has 2 aliphatic heterocycles. The van der Waals surface area contributed by atoms with Gasteiger partial charge in [-0.25, -0.2) is 0 Å². The van der Waals surface area contributed by atoms with Crippen molar-refractivity contribution in [1.29, 1.82) is 0 Å². The summed E-state index contributed by atoms with van der Waals surface area (Å²) < 4.78 is 0. The third kappa shape index (κ3) is 5.29. The number of para-hydroxylation sites is 1. The van der Waals surface area contributed by atoms with E-state index >= 15 is 0 Å². The second-order valence-electron chi connectivity index (χ2n) is 7.31. The predicted molar refractivity (Wildman–Crippen MR) is 126 cm³/mol. The average Bonchev–Trinajstić information content (AvgIpc) is 3.26. The standard InChI is InChI=1S/C13H16N2O2.C9H9Cl2N3/c1-2-13(8-7-11(16)15-12(13)17)9-3-5-10(14)6-4-9;10-6-2-1-3-7(11)8(6)14-9-12-4-5-13-9/h3-6H,2,7-8,14H2,1H3,(H,15,16,17);1-3H,4-5H2,(H2,12,13,14). The van der Waals surface area contributed by atoms with Gasteiger partial charge in [0, 0.05) is 18.7 Å². The molecule has 0 saturated carbocycles. The van der Waals surface area contributed by atoms with Crippen LogP contribution < -0.4 is 21.7 Å². The van der Waals surface area contributed by atoms with Crippen LogP contribution in [0, 0.1) is 0 Å². The number of carbonyl (C=O) groups is 2. The van der Waals surface area contributed by atoms with E-state index in [0.29, 0.717) is 40.7 Å². The van der Waals surface area contributed by atoms with E-state index in [9.17, 15) is 9.59 Å². The monoisotopic (exact) mass is 461 g/mol. The Kier molecular flexibility index (Phi) is 7.41. The number of nitrogens with two attached hydrogens (primary N) is 1. The van der Waals surface area contributed by atoms with E-state index in [2.05, 4.69) is 20.9 Å². The van der Waals surface area contributed by atoms with Gasteiger partial charge in [0.05, 0.1) is 27.7 Å². The Labute approximate surface area is 191 Å². The highest BCUT2D eigenvalue weighted by atomic mass is 35.5. The number of rotatable bonds is 3. The third-order valence-corrected chi connectivity index (χ3v) is 6.04. The largest absolute Gasteiger partial charge is 0.399 e. The van der Waals surface area contributed by atoms with Gasteiger partial charge in [0.15, 0.2) is 5.96 Å². The number of carbonyl (C=O) groups excluding carboxylic acids is 2. The Morgan fingerprint density at radius 1 is 1.13 bits per heavy atom. The average molecular weight is 462 g/mol. The van der Waals surface area contributed by atoms with Gasteiger partial charge in [0.1, 0.15) is 0 Å². The number of halogens is 2. The van der Waals surface area contributed by atoms with Crippen molar-refractivity contribution in [3.63, 3.8) is 0 Å². The minimum atomic E-state index is -0.582. The summed E-state index contributed by atoms with van der Waals surface area (Å²) in [6.07, 6.45) is 1.64. The minimum absolute atomic E-state index is 0.186. The molecule has 1 atom stereocenters. The summed E-state index contributed by atoms with van der Waals surface area (Å²) in [5, 5.41) is 9.74. The molecule has 1 unspecified atom stereocenters. The zero-order valence-electron chi connectivity index (χ0n) is 17.2. The first-order valence-corrected chi connectivity index (χ1v) is 10.8. The molecular formula is C22H25Cl2N5O2. The number of hydrogen-bond acceptors (Lipinski definition) is 6. The van der Waals surface area contributed by atoms with E-state index in [1.165, 1.54) is 0 Å². The molecule has 0 aromatic heterocycles. The third-order valence-electron chi connectivity index (χ3n) is 5.41.